The standard InChI is InChI=1S/C20H21Cl3N2O4/c21-14-8-6-13(7-9-14)20(28)24-10-2-5-18(27)25-11-15(26)12-29-17-4-1-3-16(22)19(17)23/h1,3-4,6-9,15,26H,2,5,10-12H2,(H,24,28)(H,25,27). The van der Waals surface area contributed by atoms with Crippen LogP contribution in [0.1, 0.15) is 23.2 Å². The normalized spacial score (nSPS) is 11.6. The highest BCUT2D eigenvalue weighted by molar-refractivity contribution is 6.42. The maximum absolute atomic E-state index is 11.9. The van der Waals surface area contributed by atoms with Crippen LogP contribution >= 0.6 is 34.8 Å². The van der Waals surface area contributed by atoms with Crippen LogP contribution in [-0.4, -0.2) is 42.7 Å². The molecule has 9 heteroatoms. The van der Waals surface area contributed by atoms with Crippen molar-refractivity contribution >= 4 is 46.6 Å². The van der Waals surface area contributed by atoms with Gasteiger partial charge in [-0.15, -0.1) is 0 Å². The second-order valence-corrected chi connectivity index (χ2v) is 7.41. The number of amides is 2. The first-order valence-corrected chi connectivity index (χ1v) is 10.1. The van der Waals surface area contributed by atoms with Crippen molar-refractivity contribution in [3.8, 4) is 5.75 Å². The van der Waals surface area contributed by atoms with E-state index in [2.05, 4.69) is 10.6 Å². The zero-order valence-corrected chi connectivity index (χ0v) is 17.7. The molecule has 0 aliphatic rings. The first-order chi connectivity index (χ1) is 13.9. The zero-order valence-electron chi connectivity index (χ0n) is 15.5. The Morgan fingerprint density at radius 2 is 1.76 bits per heavy atom. The number of aliphatic hydroxyl groups excluding tert-OH is 1. The highest BCUT2D eigenvalue weighted by atomic mass is 35.5. The fraction of sp³-hybridized carbons (Fsp3) is 0.300. The van der Waals surface area contributed by atoms with Crippen LogP contribution < -0.4 is 15.4 Å². The van der Waals surface area contributed by atoms with E-state index in [4.69, 9.17) is 39.5 Å². The van der Waals surface area contributed by atoms with E-state index < -0.39 is 6.10 Å². The number of hydrogen-bond acceptors (Lipinski definition) is 4. The van der Waals surface area contributed by atoms with Crippen molar-refractivity contribution in [3.05, 3.63) is 63.1 Å². The van der Waals surface area contributed by atoms with Gasteiger partial charge in [0.15, 0.2) is 0 Å². The Balaban J connectivity index is 1.59. The van der Waals surface area contributed by atoms with Crippen molar-refractivity contribution in [2.45, 2.75) is 18.9 Å². The maximum atomic E-state index is 11.9. The molecule has 1 unspecified atom stereocenters. The summed E-state index contributed by atoms with van der Waals surface area (Å²) < 4.78 is 5.41. The molecule has 1 atom stereocenters. The Bertz CT molecular complexity index is 831. The van der Waals surface area contributed by atoms with E-state index in [1.165, 1.54) is 0 Å². The smallest absolute Gasteiger partial charge is 0.251 e. The Kier molecular flexibility index (Phi) is 9.54. The number of aliphatic hydroxyl groups is 1. The van der Waals surface area contributed by atoms with E-state index in [9.17, 15) is 14.7 Å². The van der Waals surface area contributed by atoms with Crippen LogP contribution in [0.15, 0.2) is 42.5 Å². The third-order valence-corrected chi connectivity index (χ3v) is 4.91. The summed E-state index contributed by atoms with van der Waals surface area (Å²) in [4.78, 5) is 23.8. The SMILES string of the molecule is O=C(CCCNC(=O)c1ccc(Cl)cc1)NCC(O)COc1cccc(Cl)c1Cl. The molecule has 3 N–H and O–H groups in total. The topological polar surface area (TPSA) is 87.7 Å². The second-order valence-electron chi connectivity index (χ2n) is 6.19. The fourth-order valence-corrected chi connectivity index (χ4v) is 2.79. The number of nitrogens with one attached hydrogen (secondary N) is 2. The number of hydrogen-bond donors (Lipinski definition) is 3. The third-order valence-electron chi connectivity index (χ3n) is 3.85. The molecule has 156 valence electrons. The Labute approximate surface area is 184 Å². The Morgan fingerprint density at radius 1 is 1.03 bits per heavy atom. The molecule has 0 saturated carbocycles. The molecule has 2 amide bonds. The molecule has 0 bridgehead atoms. The van der Waals surface area contributed by atoms with E-state index in [0.29, 0.717) is 34.3 Å². The van der Waals surface area contributed by atoms with Gasteiger partial charge in [-0.25, -0.2) is 0 Å². The van der Waals surface area contributed by atoms with E-state index in [-0.39, 0.29) is 36.4 Å². The molecule has 2 aromatic carbocycles. The number of carbonyl (C=O) groups is 2. The van der Waals surface area contributed by atoms with Crippen LogP contribution in [0.5, 0.6) is 5.75 Å². The molecular weight excluding hydrogens is 439 g/mol. The number of carbonyl (C=O) groups excluding carboxylic acids is 2. The van der Waals surface area contributed by atoms with Gasteiger partial charge >= 0.3 is 0 Å². The Morgan fingerprint density at radius 3 is 2.48 bits per heavy atom. The lowest BCUT2D eigenvalue weighted by molar-refractivity contribution is -0.121. The summed E-state index contributed by atoms with van der Waals surface area (Å²) in [6, 6.07) is 11.5. The molecule has 0 aliphatic heterocycles. The summed E-state index contributed by atoms with van der Waals surface area (Å²) in [6.45, 7) is 0.347. The van der Waals surface area contributed by atoms with Gasteiger partial charge in [0.25, 0.3) is 5.91 Å². The average Bonchev–Trinajstić information content (AvgIpc) is 2.71. The van der Waals surface area contributed by atoms with Crippen LogP contribution in [0.25, 0.3) is 0 Å². The molecule has 0 aliphatic carbocycles. The van der Waals surface area contributed by atoms with Crippen molar-refractivity contribution in [2.75, 3.05) is 19.7 Å². The average molecular weight is 460 g/mol. The largest absolute Gasteiger partial charge is 0.489 e. The monoisotopic (exact) mass is 458 g/mol. The van der Waals surface area contributed by atoms with Gasteiger partial charge in [-0.2, -0.15) is 0 Å². The molecule has 0 spiro atoms. The van der Waals surface area contributed by atoms with Gasteiger partial charge in [0.05, 0.1) is 5.02 Å². The van der Waals surface area contributed by atoms with Gasteiger partial charge < -0.3 is 20.5 Å². The second kappa shape index (κ2) is 11.9. The minimum absolute atomic E-state index is 0.0359. The molecule has 6 nitrogen and oxygen atoms in total. The number of ether oxygens (including phenoxy) is 1. The predicted molar refractivity (Wildman–Crippen MR) is 114 cm³/mol. The third kappa shape index (κ3) is 8.11. The van der Waals surface area contributed by atoms with Crippen LogP contribution in [0.2, 0.25) is 15.1 Å². The van der Waals surface area contributed by atoms with Crippen LogP contribution in [0.3, 0.4) is 0 Å². The first-order valence-electron chi connectivity index (χ1n) is 8.92. The van der Waals surface area contributed by atoms with Gasteiger partial charge in [-0.05, 0) is 42.8 Å². The summed E-state index contributed by atoms with van der Waals surface area (Å²) in [7, 11) is 0. The fourth-order valence-electron chi connectivity index (χ4n) is 2.31. The molecule has 0 fully saturated rings. The minimum Gasteiger partial charge on any atom is -0.489 e. The summed E-state index contributed by atoms with van der Waals surface area (Å²) in [5, 5.41) is 16.5. The van der Waals surface area contributed by atoms with Crippen LogP contribution in [-0.2, 0) is 4.79 Å². The molecule has 0 aromatic heterocycles. The van der Waals surface area contributed by atoms with Gasteiger partial charge in [0.1, 0.15) is 23.5 Å². The van der Waals surface area contributed by atoms with E-state index >= 15 is 0 Å². The number of rotatable bonds is 10. The van der Waals surface area contributed by atoms with Crippen molar-refractivity contribution in [3.63, 3.8) is 0 Å². The van der Waals surface area contributed by atoms with E-state index in [1.807, 2.05) is 0 Å². The van der Waals surface area contributed by atoms with Gasteiger partial charge in [0.2, 0.25) is 5.91 Å². The van der Waals surface area contributed by atoms with Crippen molar-refractivity contribution in [1.82, 2.24) is 10.6 Å². The summed E-state index contributed by atoms with van der Waals surface area (Å²) >= 11 is 17.7. The number of benzene rings is 2. The van der Waals surface area contributed by atoms with E-state index in [1.54, 1.807) is 42.5 Å². The molecule has 0 heterocycles. The van der Waals surface area contributed by atoms with Crippen molar-refractivity contribution in [2.24, 2.45) is 0 Å². The quantitative estimate of drug-likeness (QED) is 0.473. The summed E-state index contributed by atoms with van der Waals surface area (Å²) in [5.41, 5.74) is 0.502. The molecule has 2 rings (SSSR count). The maximum Gasteiger partial charge on any atom is 0.251 e. The summed E-state index contributed by atoms with van der Waals surface area (Å²) in [6.07, 6.45) is -0.219. The van der Waals surface area contributed by atoms with Crippen LogP contribution in [0, 0.1) is 0 Å². The van der Waals surface area contributed by atoms with E-state index in [0.717, 1.165) is 0 Å². The van der Waals surface area contributed by atoms with Gasteiger partial charge in [-0.1, -0.05) is 40.9 Å². The lowest BCUT2D eigenvalue weighted by Crippen LogP contribution is -2.35. The zero-order chi connectivity index (χ0) is 21.2. The first kappa shape index (κ1) is 23.3. The molecule has 29 heavy (non-hydrogen) atoms. The lowest BCUT2D eigenvalue weighted by atomic mass is 10.2. The molecule has 0 radical (unpaired) electrons. The number of halogens is 3. The van der Waals surface area contributed by atoms with Gasteiger partial charge in [-0.3, -0.25) is 9.59 Å². The van der Waals surface area contributed by atoms with Crippen molar-refractivity contribution in [1.29, 1.82) is 0 Å². The molecular formula is C20H21Cl3N2O4. The lowest BCUT2D eigenvalue weighted by Gasteiger charge is -2.14. The van der Waals surface area contributed by atoms with Crippen molar-refractivity contribution < 1.29 is 19.4 Å². The predicted octanol–water partition coefficient (Wildman–Crippen LogP) is 3.71. The highest BCUT2D eigenvalue weighted by Crippen LogP contribution is 2.31. The van der Waals surface area contributed by atoms with Crippen LogP contribution in [0.4, 0.5) is 0 Å². The minimum atomic E-state index is -0.904. The molecule has 2 aromatic rings. The molecule has 0 saturated heterocycles. The summed E-state index contributed by atoms with van der Waals surface area (Å²) in [5.74, 6) is -0.0964. The Hall–Kier alpha value is -1.99. The highest BCUT2D eigenvalue weighted by Gasteiger charge is 2.11. The van der Waals surface area contributed by atoms with Gasteiger partial charge in [0, 0.05) is 30.1 Å².